The molecule has 0 aliphatic carbocycles. The van der Waals surface area contributed by atoms with Crippen LogP contribution in [0, 0.1) is 0 Å². The van der Waals surface area contributed by atoms with Crippen molar-refractivity contribution in [1.82, 2.24) is 5.32 Å². The first-order valence-corrected chi connectivity index (χ1v) is 11.9. The molecule has 0 bridgehead atoms. The lowest BCUT2D eigenvalue weighted by molar-refractivity contribution is -0.114. The molecule has 0 atom stereocenters. The SMILES string of the molecule is CCCCNC(=O)c1ccccc1NC(=O)CN(c1ccccc1CC)S(C)(=O)=O. The number of unbranched alkanes of at least 4 members (excludes halogenated alkanes) is 1. The minimum absolute atomic E-state index is 0.282. The molecule has 2 amide bonds. The highest BCUT2D eigenvalue weighted by Crippen LogP contribution is 2.23. The van der Waals surface area contributed by atoms with E-state index in [0.717, 1.165) is 29.0 Å². The predicted molar refractivity (Wildman–Crippen MR) is 120 cm³/mol. The lowest BCUT2D eigenvalue weighted by Gasteiger charge is -2.24. The number of carbonyl (C=O) groups excluding carboxylic acids is 2. The van der Waals surface area contributed by atoms with Crippen molar-refractivity contribution in [2.24, 2.45) is 0 Å². The zero-order valence-electron chi connectivity index (χ0n) is 17.6. The van der Waals surface area contributed by atoms with E-state index < -0.39 is 15.9 Å². The number of hydrogen-bond donors (Lipinski definition) is 2. The quantitative estimate of drug-likeness (QED) is 0.565. The summed E-state index contributed by atoms with van der Waals surface area (Å²) in [6.07, 6.45) is 3.52. The molecule has 8 heteroatoms. The molecule has 30 heavy (non-hydrogen) atoms. The van der Waals surface area contributed by atoms with Crippen molar-refractivity contribution in [3.63, 3.8) is 0 Å². The molecule has 2 rings (SSSR count). The lowest BCUT2D eigenvalue weighted by Crippen LogP contribution is -2.38. The summed E-state index contributed by atoms with van der Waals surface area (Å²) in [5.41, 5.74) is 1.98. The molecular formula is C22H29N3O4S. The zero-order valence-corrected chi connectivity index (χ0v) is 18.5. The fourth-order valence-corrected chi connectivity index (χ4v) is 3.91. The van der Waals surface area contributed by atoms with Gasteiger partial charge in [-0.1, -0.05) is 50.6 Å². The lowest BCUT2D eigenvalue weighted by atomic mass is 10.1. The summed E-state index contributed by atoms with van der Waals surface area (Å²) in [7, 11) is -3.69. The van der Waals surface area contributed by atoms with Crippen LogP contribution in [-0.2, 0) is 21.2 Å². The van der Waals surface area contributed by atoms with Gasteiger partial charge in [-0.25, -0.2) is 8.42 Å². The standard InChI is InChI=1S/C22H29N3O4S/c1-4-6-15-23-22(27)18-12-8-9-13-19(18)24-21(26)16-25(30(3,28)29)20-14-10-7-11-17(20)5-2/h7-14H,4-6,15-16H2,1-3H3,(H,23,27)(H,24,26). The minimum atomic E-state index is -3.69. The van der Waals surface area contributed by atoms with Gasteiger partial charge in [0.05, 0.1) is 23.2 Å². The van der Waals surface area contributed by atoms with E-state index in [1.165, 1.54) is 0 Å². The summed E-state index contributed by atoms with van der Waals surface area (Å²) in [6, 6.07) is 13.7. The van der Waals surface area contributed by atoms with Crippen LogP contribution < -0.4 is 14.9 Å². The van der Waals surface area contributed by atoms with Crippen molar-refractivity contribution in [2.75, 3.05) is 29.0 Å². The Morgan fingerprint density at radius 1 is 1.00 bits per heavy atom. The van der Waals surface area contributed by atoms with Gasteiger partial charge in [0, 0.05) is 6.54 Å². The summed E-state index contributed by atoms with van der Waals surface area (Å²) in [6.45, 7) is 4.12. The summed E-state index contributed by atoms with van der Waals surface area (Å²) < 4.78 is 25.9. The third kappa shape index (κ3) is 6.32. The minimum Gasteiger partial charge on any atom is -0.352 e. The number of carbonyl (C=O) groups is 2. The number of benzene rings is 2. The molecule has 2 N–H and O–H groups in total. The number of amides is 2. The number of para-hydroxylation sites is 2. The molecule has 0 saturated carbocycles. The van der Waals surface area contributed by atoms with Gasteiger partial charge < -0.3 is 10.6 Å². The summed E-state index contributed by atoms with van der Waals surface area (Å²) in [5, 5.41) is 5.51. The van der Waals surface area contributed by atoms with Gasteiger partial charge >= 0.3 is 0 Å². The van der Waals surface area contributed by atoms with E-state index in [2.05, 4.69) is 10.6 Å². The van der Waals surface area contributed by atoms with E-state index >= 15 is 0 Å². The van der Waals surface area contributed by atoms with Crippen molar-refractivity contribution < 1.29 is 18.0 Å². The summed E-state index contributed by atoms with van der Waals surface area (Å²) in [4.78, 5) is 25.2. The Labute approximate surface area is 178 Å². The zero-order chi connectivity index (χ0) is 22.1. The van der Waals surface area contributed by atoms with Gasteiger partial charge in [0.2, 0.25) is 15.9 Å². The fraction of sp³-hybridized carbons (Fsp3) is 0.364. The molecule has 162 valence electrons. The average molecular weight is 432 g/mol. The van der Waals surface area contributed by atoms with Crippen LogP contribution in [0.5, 0.6) is 0 Å². The van der Waals surface area contributed by atoms with Crippen molar-refractivity contribution in [2.45, 2.75) is 33.1 Å². The maximum atomic E-state index is 12.7. The van der Waals surface area contributed by atoms with Crippen molar-refractivity contribution in [1.29, 1.82) is 0 Å². The third-order valence-electron chi connectivity index (χ3n) is 4.59. The molecule has 0 fully saturated rings. The third-order valence-corrected chi connectivity index (χ3v) is 5.72. The van der Waals surface area contributed by atoms with Crippen LogP contribution >= 0.6 is 0 Å². The summed E-state index contributed by atoms with van der Waals surface area (Å²) in [5.74, 6) is -0.809. The number of aryl methyl sites for hydroxylation is 1. The van der Waals surface area contributed by atoms with E-state index in [1.54, 1.807) is 36.4 Å². The normalized spacial score (nSPS) is 11.0. The molecule has 2 aromatic carbocycles. The van der Waals surface area contributed by atoms with Crippen molar-refractivity contribution in [3.05, 3.63) is 59.7 Å². The molecule has 0 unspecified atom stereocenters. The maximum absolute atomic E-state index is 12.7. The number of nitrogens with zero attached hydrogens (tertiary/aromatic N) is 1. The number of sulfonamides is 1. The van der Waals surface area contributed by atoms with Gasteiger partial charge in [0.15, 0.2) is 0 Å². The first-order chi connectivity index (χ1) is 14.3. The second kappa shape index (κ2) is 10.8. The van der Waals surface area contributed by atoms with E-state index in [4.69, 9.17) is 0 Å². The molecular weight excluding hydrogens is 402 g/mol. The van der Waals surface area contributed by atoms with Crippen LogP contribution in [0.1, 0.15) is 42.6 Å². The van der Waals surface area contributed by atoms with Gasteiger partial charge in [-0.2, -0.15) is 0 Å². The van der Waals surface area contributed by atoms with Crippen LogP contribution in [-0.4, -0.2) is 39.6 Å². The molecule has 2 aromatic rings. The Balaban J connectivity index is 2.22. The Bertz CT molecular complexity index is 989. The number of hydrogen-bond acceptors (Lipinski definition) is 4. The van der Waals surface area contributed by atoms with Crippen molar-refractivity contribution >= 4 is 33.2 Å². The van der Waals surface area contributed by atoms with Crippen LogP contribution in [0.3, 0.4) is 0 Å². The van der Waals surface area contributed by atoms with Crippen LogP contribution in [0.4, 0.5) is 11.4 Å². The smallest absolute Gasteiger partial charge is 0.253 e. The first-order valence-electron chi connectivity index (χ1n) is 10.0. The first kappa shape index (κ1) is 23.4. The predicted octanol–water partition coefficient (Wildman–Crippen LogP) is 3.18. The highest BCUT2D eigenvalue weighted by Gasteiger charge is 2.23. The number of anilines is 2. The molecule has 0 saturated heterocycles. The second-order valence-electron chi connectivity index (χ2n) is 6.96. The Kier molecular flexibility index (Phi) is 8.41. The largest absolute Gasteiger partial charge is 0.352 e. The molecule has 0 heterocycles. The number of rotatable bonds is 10. The highest BCUT2D eigenvalue weighted by molar-refractivity contribution is 7.92. The Morgan fingerprint density at radius 3 is 2.33 bits per heavy atom. The molecule has 0 radical (unpaired) electrons. The van der Waals surface area contributed by atoms with Crippen LogP contribution in [0.15, 0.2) is 48.5 Å². The Morgan fingerprint density at radius 2 is 1.67 bits per heavy atom. The Hall–Kier alpha value is -2.87. The van der Waals surface area contributed by atoms with Crippen LogP contribution in [0.25, 0.3) is 0 Å². The molecule has 7 nitrogen and oxygen atoms in total. The molecule has 0 aliphatic rings. The van der Waals surface area contributed by atoms with E-state index in [0.29, 0.717) is 29.9 Å². The topological polar surface area (TPSA) is 95.6 Å². The molecule has 0 spiro atoms. The van der Waals surface area contributed by atoms with Crippen molar-refractivity contribution in [3.8, 4) is 0 Å². The van der Waals surface area contributed by atoms with Gasteiger partial charge in [0.25, 0.3) is 5.91 Å². The second-order valence-corrected chi connectivity index (χ2v) is 8.86. The van der Waals surface area contributed by atoms with Gasteiger partial charge in [0.1, 0.15) is 6.54 Å². The molecule has 0 aliphatic heterocycles. The maximum Gasteiger partial charge on any atom is 0.253 e. The van der Waals surface area contributed by atoms with E-state index in [9.17, 15) is 18.0 Å². The highest BCUT2D eigenvalue weighted by atomic mass is 32.2. The van der Waals surface area contributed by atoms with Gasteiger partial charge in [-0.05, 0) is 36.6 Å². The van der Waals surface area contributed by atoms with E-state index in [-0.39, 0.29) is 12.5 Å². The fourth-order valence-electron chi connectivity index (χ4n) is 3.02. The van der Waals surface area contributed by atoms with Gasteiger partial charge in [-0.3, -0.25) is 13.9 Å². The van der Waals surface area contributed by atoms with Gasteiger partial charge in [-0.15, -0.1) is 0 Å². The number of nitrogens with one attached hydrogen (secondary N) is 2. The summed E-state index contributed by atoms with van der Waals surface area (Å²) >= 11 is 0. The average Bonchev–Trinajstić information content (AvgIpc) is 2.71. The monoisotopic (exact) mass is 431 g/mol. The van der Waals surface area contributed by atoms with Crippen LogP contribution in [0.2, 0.25) is 0 Å². The van der Waals surface area contributed by atoms with E-state index in [1.807, 2.05) is 26.0 Å². The molecule has 0 aromatic heterocycles.